The zero-order chi connectivity index (χ0) is 42.9. The number of hydrogen-bond donors (Lipinski definition) is 6. The SMILES string of the molecule is Cc1c(O)cccc1C(=O)N[C@@H](CSc1ccccc1)[C@H](O)CN1C[C@H]2CCCC[C@H]2C[C@H]1C(=O)NC(C)(C)C.Cc1cn([C@H]2C[C@H](N=[N+]=[N-])[C@@H](CO)O2)c(=O)[nH]c1=O. The number of piperidine rings is 1. The van der Waals surface area contributed by atoms with Gasteiger partial charge in [-0.15, -0.1) is 11.8 Å². The van der Waals surface area contributed by atoms with Crippen molar-refractivity contribution >= 4 is 23.6 Å². The molecule has 6 rings (SSSR count). The van der Waals surface area contributed by atoms with Crippen molar-refractivity contribution in [1.82, 2.24) is 25.1 Å². The summed E-state index contributed by atoms with van der Waals surface area (Å²) in [6.45, 7) is 10.0. The minimum atomic E-state index is -0.886. The molecule has 1 aromatic heterocycles. The van der Waals surface area contributed by atoms with E-state index >= 15 is 0 Å². The Kier molecular flexibility index (Phi) is 15.8. The molecule has 8 atom stereocenters. The lowest BCUT2D eigenvalue weighted by molar-refractivity contribution is -0.132. The third-order valence-electron chi connectivity index (χ3n) is 11.3. The molecule has 2 aliphatic heterocycles. The number of likely N-dealkylation sites (tertiary alicyclic amines) is 1. The molecule has 2 amide bonds. The Morgan fingerprint density at radius 3 is 2.46 bits per heavy atom. The van der Waals surface area contributed by atoms with E-state index in [2.05, 4.69) is 30.5 Å². The zero-order valence-corrected chi connectivity index (χ0v) is 35.2. The van der Waals surface area contributed by atoms with Crippen molar-refractivity contribution in [2.24, 2.45) is 17.0 Å². The Labute approximate surface area is 348 Å². The number of phenols is 1. The summed E-state index contributed by atoms with van der Waals surface area (Å²) in [6.07, 6.45) is 5.00. The van der Waals surface area contributed by atoms with Crippen molar-refractivity contribution in [1.29, 1.82) is 0 Å². The molecule has 3 aromatic rings. The van der Waals surface area contributed by atoms with Crippen LogP contribution in [0.15, 0.2) is 74.3 Å². The highest BCUT2D eigenvalue weighted by Crippen LogP contribution is 2.39. The smallest absolute Gasteiger partial charge is 0.330 e. The summed E-state index contributed by atoms with van der Waals surface area (Å²) in [5.41, 5.74) is 8.30. The van der Waals surface area contributed by atoms with Gasteiger partial charge >= 0.3 is 5.69 Å². The maximum absolute atomic E-state index is 13.5. The number of β-amino-alcohol motifs (C(OH)–C–C–N with tert-alkyl or cyclic N) is 1. The number of aromatic nitrogens is 2. The number of aryl methyl sites for hydroxylation is 1. The quantitative estimate of drug-likeness (QED) is 0.0645. The number of amides is 2. The van der Waals surface area contributed by atoms with Gasteiger partial charge < -0.3 is 30.7 Å². The van der Waals surface area contributed by atoms with E-state index in [4.69, 9.17) is 15.4 Å². The lowest BCUT2D eigenvalue weighted by atomic mass is 9.72. The Morgan fingerprint density at radius 1 is 1.07 bits per heavy atom. The zero-order valence-electron chi connectivity index (χ0n) is 34.4. The van der Waals surface area contributed by atoms with Crippen LogP contribution in [0, 0.1) is 25.7 Å². The fraction of sp³-hybridized carbons (Fsp3) is 0.571. The van der Waals surface area contributed by atoms with Gasteiger partial charge in [0.05, 0.1) is 36.9 Å². The number of aromatic hydroxyl groups is 1. The van der Waals surface area contributed by atoms with E-state index in [-0.39, 0.29) is 42.2 Å². The van der Waals surface area contributed by atoms with Crippen molar-refractivity contribution in [3.05, 3.63) is 103 Å². The number of ether oxygens (including phenoxy) is 1. The highest BCUT2D eigenvalue weighted by Gasteiger charge is 2.42. The van der Waals surface area contributed by atoms with Gasteiger partial charge in [0, 0.05) is 63.5 Å². The molecule has 3 aliphatic rings. The average Bonchev–Trinajstić information content (AvgIpc) is 3.61. The van der Waals surface area contributed by atoms with E-state index in [1.165, 1.54) is 23.6 Å². The molecule has 16 nitrogen and oxygen atoms in total. The van der Waals surface area contributed by atoms with E-state index in [1.807, 2.05) is 51.1 Å². The van der Waals surface area contributed by atoms with Crippen LogP contribution in [0.3, 0.4) is 0 Å². The molecule has 3 heterocycles. The monoisotopic (exact) mass is 834 g/mol. The number of aliphatic hydroxyl groups is 2. The molecule has 2 saturated heterocycles. The number of nitrogens with one attached hydrogen (secondary N) is 3. The van der Waals surface area contributed by atoms with Crippen LogP contribution in [0.2, 0.25) is 0 Å². The van der Waals surface area contributed by atoms with Crippen LogP contribution in [0.1, 0.15) is 87.0 Å². The summed E-state index contributed by atoms with van der Waals surface area (Å²) < 4.78 is 6.69. The number of hydrogen-bond acceptors (Lipinski definition) is 11. The van der Waals surface area contributed by atoms with Crippen molar-refractivity contribution in [3.8, 4) is 5.75 Å². The number of aliphatic hydroxyl groups excluding tert-OH is 2. The summed E-state index contributed by atoms with van der Waals surface area (Å²) in [5, 5.41) is 40.7. The van der Waals surface area contributed by atoms with Gasteiger partial charge in [-0.3, -0.25) is 28.8 Å². The average molecular weight is 835 g/mol. The standard InChI is InChI=1S/C32H45N3O4S.C10H13N5O4/c1-21-25(15-10-16-28(21)36)30(38)33-26(20-40-24-13-6-5-7-14-24)29(37)19-35-18-23-12-9-8-11-22(23)17-27(35)31(39)34-32(2,3)4;1-5-3-15(10(18)12-9(5)17)8-2-6(13-14-11)7(4-16)19-8/h5-7,10,13-16,22-23,26-27,29,36-37H,8-9,11-12,17-20H2,1-4H3,(H,33,38)(H,34,39);3,6-8,16H,2,4H2,1H3,(H,12,17,18)/t22-,23+,26-,27-,29+;6-,7+,8+/m00/s1. The van der Waals surface area contributed by atoms with Crippen LogP contribution in [-0.2, 0) is 9.53 Å². The Hall–Kier alpha value is -4.64. The van der Waals surface area contributed by atoms with Gasteiger partial charge in [0.1, 0.15) is 12.0 Å². The molecule has 6 N–H and O–H groups in total. The second-order valence-corrected chi connectivity index (χ2v) is 17.9. The Morgan fingerprint density at radius 2 is 1.78 bits per heavy atom. The first-order chi connectivity index (χ1) is 28.1. The maximum atomic E-state index is 13.5. The second-order valence-electron chi connectivity index (χ2n) is 16.8. The third kappa shape index (κ3) is 12.2. The van der Waals surface area contributed by atoms with Crippen LogP contribution in [0.5, 0.6) is 5.75 Å². The summed E-state index contributed by atoms with van der Waals surface area (Å²) >= 11 is 1.57. The van der Waals surface area contributed by atoms with E-state index < -0.39 is 41.8 Å². The molecule has 59 heavy (non-hydrogen) atoms. The van der Waals surface area contributed by atoms with Crippen LogP contribution in [-0.4, -0.2) is 103 Å². The third-order valence-corrected chi connectivity index (χ3v) is 12.4. The second kappa shape index (κ2) is 20.6. The number of nitrogens with zero attached hydrogens (tertiary/aromatic N) is 5. The first-order valence-electron chi connectivity index (χ1n) is 20.2. The van der Waals surface area contributed by atoms with E-state index in [0.717, 1.165) is 30.7 Å². The minimum absolute atomic E-state index is 0.0124. The predicted molar refractivity (Wildman–Crippen MR) is 225 cm³/mol. The molecule has 17 heteroatoms. The van der Waals surface area contributed by atoms with Crippen LogP contribution < -0.4 is 21.9 Å². The molecule has 320 valence electrons. The van der Waals surface area contributed by atoms with Crippen LogP contribution in [0.25, 0.3) is 10.4 Å². The predicted octanol–water partition coefficient (Wildman–Crippen LogP) is 4.55. The lowest BCUT2D eigenvalue weighted by Crippen LogP contribution is -2.60. The number of carbonyl (C=O) groups excluding carboxylic acids is 2. The normalized spacial score (nSPS) is 24.1. The highest BCUT2D eigenvalue weighted by molar-refractivity contribution is 7.99. The molecule has 0 spiro atoms. The largest absolute Gasteiger partial charge is 0.508 e. The Balaban J connectivity index is 0.000000290. The number of fused-ring (bicyclic) bond motifs is 1. The van der Waals surface area contributed by atoms with Gasteiger partial charge in [0.25, 0.3) is 11.5 Å². The first-order valence-corrected chi connectivity index (χ1v) is 21.2. The summed E-state index contributed by atoms with van der Waals surface area (Å²) in [7, 11) is 0. The number of azide groups is 1. The van der Waals surface area contributed by atoms with Gasteiger partial charge in [-0.25, -0.2) is 4.79 Å². The topological polar surface area (TPSA) is 235 Å². The van der Waals surface area contributed by atoms with Gasteiger partial charge in [0.2, 0.25) is 5.91 Å². The maximum Gasteiger partial charge on any atom is 0.330 e. The summed E-state index contributed by atoms with van der Waals surface area (Å²) in [4.78, 5) is 57.8. The number of H-pyrrole nitrogens is 1. The number of rotatable bonds is 12. The summed E-state index contributed by atoms with van der Waals surface area (Å²) in [6, 6.07) is 13.4. The number of aromatic amines is 1. The molecule has 3 fully saturated rings. The molecule has 1 aliphatic carbocycles. The lowest BCUT2D eigenvalue weighted by Gasteiger charge is -2.47. The fourth-order valence-electron chi connectivity index (χ4n) is 8.10. The summed E-state index contributed by atoms with van der Waals surface area (Å²) in [5.74, 6) is 1.27. The molecule has 0 bridgehead atoms. The van der Waals surface area contributed by atoms with E-state index in [1.54, 1.807) is 43.8 Å². The molecule has 0 radical (unpaired) electrons. The van der Waals surface area contributed by atoms with Crippen LogP contribution in [0.4, 0.5) is 0 Å². The molecule has 0 unspecified atom stereocenters. The molecular weight excluding hydrogens is 777 g/mol. The van der Waals surface area contributed by atoms with Crippen molar-refractivity contribution in [3.63, 3.8) is 0 Å². The van der Waals surface area contributed by atoms with Gasteiger partial charge in [-0.1, -0.05) is 48.6 Å². The number of phenolic OH excluding ortho intramolecular Hbond substituents is 1. The van der Waals surface area contributed by atoms with Gasteiger partial charge in [-0.05, 0) is 89.1 Å². The molecule has 1 saturated carbocycles. The van der Waals surface area contributed by atoms with E-state index in [9.17, 15) is 29.4 Å². The van der Waals surface area contributed by atoms with E-state index in [0.29, 0.717) is 40.8 Å². The Bertz CT molecular complexity index is 2070. The van der Waals surface area contributed by atoms with Crippen molar-refractivity contribution in [2.75, 3.05) is 25.4 Å². The fourth-order valence-corrected chi connectivity index (χ4v) is 9.13. The van der Waals surface area contributed by atoms with Crippen LogP contribution >= 0.6 is 11.8 Å². The molecular formula is C42H58N8O8S. The number of benzene rings is 2. The number of thioether (sulfide) groups is 1. The highest BCUT2D eigenvalue weighted by atomic mass is 32.2. The van der Waals surface area contributed by atoms with Crippen molar-refractivity contribution < 1.29 is 29.6 Å². The first kappa shape index (κ1) is 45.4. The van der Waals surface area contributed by atoms with Gasteiger partial charge in [0.15, 0.2) is 0 Å². The minimum Gasteiger partial charge on any atom is -0.508 e. The number of carbonyl (C=O) groups is 2. The molecule has 2 aromatic carbocycles. The van der Waals surface area contributed by atoms with Gasteiger partial charge in [-0.2, -0.15) is 0 Å². The van der Waals surface area contributed by atoms with Crippen molar-refractivity contribution in [2.45, 2.75) is 120 Å².